The normalized spacial score (nSPS) is 11.6. The molecule has 1 amide bonds. The molecular weight excluding hydrogens is 393 g/mol. The van der Waals surface area contributed by atoms with Gasteiger partial charge in [-0.3, -0.25) is 4.79 Å². The second kappa shape index (κ2) is 9.29. The molecular formula is C21H20FN3O3S. The number of hydrogen-bond acceptors (Lipinski definition) is 6. The van der Waals surface area contributed by atoms with E-state index in [9.17, 15) is 14.0 Å². The number of ether oxygens (including phenoxy) is 1. The molecule has 2 aromatic carbocycles. The van der Waals surface area contributed by atoms with Crippen LogP contribution in [0.4, 0.5) is 15.2 Å². The van der Waals surface area contributed by atoms with Gasteiger partial charge >= 0.3 is 5.97 Å². The van der Waals surface area contributed by atoms with Crippen molar-refractivity contribution in [3.05, 3.63) is 76.5 Å². The topological polar surface area (TPSA) is 80.3 Å². The molecule has 3 rings (SSSR count). The zero-order chi connectivity index (χ0) is 20.8. The van der Waals surface area contributed by atoms with Crippen LogP contribution in [0.25, 0.3) is 0 Å². The number of halogens is 1. The Labute approximate surface area is 171 Å². The first-order chi connectivity index (χ1) is 13.9. The fraction of sp³-hybridized carbons (Fsp3) is 0.190. The molecule has 8 heteroatoms. The summed E-state index contributed by atoms with van der Waals surface area (Å²) < 4.78 is 18.8. The number of rotatable bonds is 7. The number of hydrogen-bond donors (Lipinski definition) is 2. The van der Waals surface area contributed by atoms with E-state index in [-0.39, 0.29) is 5.69 Å². The number of esters is 1. The molecule has 0 aliphatic heterocycles. The summed E-state index contributed by atoms with van der Waals surface area (Å²) in [5, 5.41) is 7.81. The molecule has 0 aliphatic rings. The van der Waals surface area contributed by atoms with E-state index in [1.165, 1.54) is 24.3 Å². The van der Waals surface area contributed by atoms with Gasteiger partial charge in [0.2, 0.25) is 0 Å². The Hall–Kier alpha value is -3.26. The van der Waals surface area contributed by atoms with Gasteiger partial charge in [-0.15, -0.1) is 11.3 Å². The minimum absolute atomic E-state index is 0.117. The van der Waals surface area contributed by atoms with E-state index in [2.05, 4.69) is 15.6 Å². The van der Waals surface area contributed by atoms with Crippen LogP contribution in [0, 0.1) is 12.7 Å². The average molecular weight is 413 g/mol. The molecule has 0 saturated carbocycles. The van der Waals surface area contributed by atoms with Crippen LogP contribution in [-0.2, 0) is 16.1 Å². The molecule has 0 aliphatic carbocycles. The highest BCUT2D eigenvalue weighted by Gasteiger charge is 2.21. The third-order valence-electron chi connectivity index (χ3n) is 4.09. The summed E-state index contributed by atoms with van der Waals surface area (Å²) >= 11 is 1.27. The maximum Gasteiger partial charge on any atom is 0.358 e. The summed E-state index contributed by atoms with van der Waals surface area (Å²) in [7, 11) is 0. The van der Waals surface area contributed by atoms with E-state index in [1.807, 2.05) is 30.3 Å². The average Bonchev–Trinajstić information content (AvgIpc) is 3.19. The van der Waals surface area contributed by atoms with E-state index in [4.69, 9.17) is 4.74 Å². The van der Waals surface area contributed by atoms with Gasteiger partial charge in [-0.05, 0) is 37.1 Å². The summed E-state index contributed by atoms with van der Waals surface area (Å²) in [6, 6.07) is 14.1. The van der Waals surface area contributed by atoms with Crippen LogP contribution in [-0.4, -0.2) is 23.0 Å². The van der Waals surface area contributed by atoms with Gasteiger partial charge in [0.1, 0.15) is 5.82 Å². The Morgan fingerprint density at radius 3 is 2.69 bits per heavy atom. The lowest BCUT2D eigenvalue weighted by Gasteiger charge is -2.13. The van der Waals surface area contributed by atoms with Crippen molar-refractivity contribution in [2.45, 2.75) is 26.5 Å². The van der Waals surface area contributed by atoms with E-state index in [1.54, 1.807) is 24.4 Å². The predicted octanol–water partition coefficient (Wildman–Crippen LogP) is 4.39. The highest BCUT2D eigenvalue weighted by atomic mass is 32.1. The van der Waals surface area contributed by atoms with Crippen LogP contribution in [0.2, 0.25) is 0 Å². The van der Waals surface area contributed by atoms with Crippen LogP contribution < -0.4 is 10.6 Å². The lowest BCUT2D eigenvalue weighted by atomic mass is 10.2. The Morgan fingerprint density at radius 1 is 1.21 bits per heavy atom. The van der Waals surface area contributed by atoms with Crippen molar-refractivity contribution in [3.63, 3.8) is 0 Å². The molecule has 0 bridgehead atoms. The highest BCUT2D eigenvalue weighted by molar-refractivity contribution is 7.13. The van der Waals surface area contributed by atoms with Gasteiger partial charge in [-0.25, -0.2) is 14.2 Å². The monoisotopic (exact) mass is 413 g/mol. The van der Waals surface area contributed by atoms with E-state index in [0.29, 0.717) is 22.9 Å². The number of carbonyl (C=O) groups excluding carboxylic acids is 2. The molecule has 0 saturated heterocycles. The Balaban J connectivity index is 1.53. The third-order valence-corrected chi connectivity index (χ3v) is 4.89. The summed E-state index contributed by atoms with van der Waals surface area (Å²) in [5.41, 5.74) is 1.97. The fourth-order valence-corrected chi connectivity index (χ4v) is 3.09. The number of carbonyl (C=O) groups is 2. The summed E-state index contributed by atoms with van der Waals surface area (Å²) in [4.78, 5) is 28.6. The Kier molecular flexibility index (Phi) is 6.56. The van der Waals surface area contributed by atoms with Gasteiger partial charge in [0.05, 0.1) is 0 Å². The SMILES string of the molecule is Cc1ccc(NC(=O)C(C)OC(=O)c2csc(NCc3ccccc3)n2)cc1F. The summed E-state index contributed by atoms with van der Waals surface area (Å²) in [6.07, 6.45) is -1.06. The van der Waals surface area contributed by atoms with Gasteiger partial charge in [0, 0.05) is 17.6 Å². The number of anilines is 2. The lowest BCUT2D eigenvalue weighted by Crippen LogP contribution is -2.30. The first-order valence-corrected chi connectivity index (χ1v) is 9.81. The zero-order valence-corrected chi connectivity index (χ0v) is 16.8. The minimum Gasteiger partial charge on any atom is -0.448 e. The molecule has 1 heterocycles. The molecule has 29 heavy (non-hydrogen) atoms. The fourth-order valence-electron chi connectivity index (χ4n) is 2.41. The quantitative estimate of drug-likeness (QED) is 0.562. The summed E-state index contributed by atoms with van der Waals surface area (Å²) in [6.45, 7) is 3.65. The molecule has 1 unspecified atom stereocenters. The van der Waals surface area contributed by atoms with Crippen molar-refractivity contribution in [2.24, 2.45) is 0 Å². The largest absolute Gasteiger partial charge is 0.448 e. The highest BCUT2D eigenvalue weighted by Crippen LogP contribution is 2.18. The van der Waals surface area contributed by atoms with Gasteiger partial charge in [-0.1, -0.05) is 36.4 Å². The molecule has 3 aromatic rings. The number of nitrogens with zero attached hydrogens (tertiary/aromatic N) is 1. The van der Waals surface area contributed by atoms with Crippen LogP contribution in [0.5, 0.6) is 0 Å². The molecule has 6 nitrogen and oxygen atoms in total. The molecule has 0 fully saturated rings. The van der Waals surface area contributed by atoms with Crippen molar-refractivity contribution in [2.75, 3.05) is 10.6 Å². The van der Waals surface area contributed by atoms with Gasteiger partial charge < -0.3 is 15.4 Å². The van der Waals surface area contributed by atoms with E-state index < -0.39 is 23.8 Å². The van der Waals surface area contributed by atoms with E-state index >= 15 is 0 Å². The van der Waals surface area contributed by atoms with Crippen LogP contribution in [0.1, 0.15) is 28.5 Å². The van der Waals surface area contributed by atoms with Gasteiger partial charge in [-0.2, -0.15) is 0 Å². The second-order valence-corrected chi connectivity index (χ2v) is 7.24. The van der Waals surface area contributed by atoms with Gasteiger partial charge in [0.25, 0.3) is 5.91 Å². The molecule has 2 N–H and O–H groups in total. The number of thiazole rings is 1. The predicted molar refractivity (Wildman–Crippen MR) is 111 cm³/mol. The van der Waals surface area contributed by atoms with Gasteiger partial charge in [0.15, 0.2) is 16.9 Å². The number of aromatic nitrogens is 1. The number of nitrogens with one attached hydrogen (secondary N) is 2. The van der Waals surface area contributed by atoms with Crippen molar-refractivity contribution in [1.29, 1.82) is 0 Å². The lowest BCUT2D eigenvalue weighted by molar-refractivity contribution is -0.123. The molecule has 150 valence electrons. The Bertz CT molecular complexity index is 1010. The standard InChI is InChI=1S/C21H20FN3O3S/c1-13-8-9-16(10-17(13)22)24-19(26)14(2)28-20(27)18-12-29-21(25-18)23-11-15-6-4-3-5-7-15/h3-10,12,14H,11H2,1-2H3,(H,23,25)(H,24,26). The van der Waals surface area contributed by atoms with Crippen molar-refractivity contribution in [3.8, 4) is 0 Å². The maximum absolute atomic E-state index is 13.6. The number of benzene rings is 2. The van der Waals surface area contributed by atoms with E-state index in [0.717, 1.165) is 5.56 Å². The van der Waals surface area contributed by atoms with Crippen LogP contribution in [0.3, 0.4) is 0 Å². The third kappa shape index (κ3) is 5.61. The minimum atomic E-state index is -1.06. The van der Waals surface area contributed by atoms with Crippen LogP contribution in [0.15, 0.2) is 53.9 Å². The first-order valence-electron chi connectivity index (χ1n) is 8.93. The Morgan fingerprint density at radius 2 is 1.97 bits per heavy atom. The molecule has 1 aromatic heterocycles. The smallest absolute Gasteiger partial charge is 0.358 e. The molecule has 1 atom stereocenters. The number of aryl methyl sites for hydroxylation is 1. The molecule has 0 radical (unpaired) electrons. The van der Waals surface area contributed by atoms with Crippen molar-refractivity contribution >= 4 is 34.0 Å². The second-order valence-electron chi connectivity index (χ2n) is 6.38. The van der Waals surface area contributed by atoms with Crippen molar-refractivity contribution < 1.29 is 18.7 Å². The van der Waals surface area contributed by atoms with Crippen molar-refractivity contribution in [1.82, 2.24) is 4.98 Å². The first kappa shape index (κ1) is 20.5. The van der Waals surface area contributed by atoms with Crippen LogP contribution >= 0.6 is 11.3 Å². The zero-order valence-electron chi connectivity index (χ0n) is 15.9. The summed E-state index contributed by atoms with van der Waals surface area (Å²) in [5.74, 6) is -1.68. The molecule has 0 spiro atoms. The maximum atomic E-state index is 13.6. The number of amides is 1.